The van der Waals surface area contributed by atoms with Crippen LogP contribution in [0.5, 0.6) is 5.75 Å². The third-order valence-corrected chi connectivity index (χ3v) is 3.58. The highest BCUT2D eigenvalue weighted by Gasteiger charge is 2.23. The summed E-state index contributed by atoms with van der Waals surface area (Å²) < 4.78 is 11.2. The van der Waals surface area contributed by atoms with Gasteiger partial charge in [0.2, 0.25) is 0 Å². The Morgan fingerprint density at radius 2 is 2.13 bits per heavy atom. The molecule has 0 saturated heterocycles. The molecule has 1 aliphatic heterocycles. The van der Waals surface area contributed by atoms with Crippen LogP contribution in [0.4, 0.5) is 5.69 Å². The predicted molar refractivity (Wildman–Crippen MR) is 87.8 cm³/mol. The zero-order chi connectivity index (χ0) is 16.2. The van der Waals surface area contributed by atoms with Crippen molar-refractivity contribution in [3.05, 3.63) is 53.9 Å². The zero-order valence-corrected chi connectivity index (χ0v) is 13.4. The number of aromatic nitrogens is 1. The molecule has 1 aliphatic rings. The van der Waals surface area contributed by atoms with Crippen molar-refractivity contribution in [3.8, 4) is 5.75 Å². The van der Waals surface area contributed by atoms with Crippen molar-refractivity contribution in [1.29, 1.82) is 0 Å². The second kappa shape index (κ2) is 6.79. The molecule has 1 amide bonds. The molecule has 0 radical (unpaired) electrons. The number of nitrogens with zero attached hydrogens (tertiary/aromatic N) is 2. The quantitative estimate of drug-likeness (QED) is 0.874. The maximum atomic E-state index is 12.9. The molecule has 2 heterocycles. The van der Waals surface area contributed by atoms with Gasteiger partial charge >= 0.3 is 0 Å². The molecule has 0 saturated carbocycles. The Balaban J connectivity index is 1.91. The molecule has 3 rings (SSSR count). The summed E-state index contributed by atoms with van der Waals surface area (Å²) in [5.41, 5.74) is 2.42. The van der Waals surface area contributed by atoms with Crippen molar-refractivity contribution in [2.24, 2.45) is 0 Å². The Labute approximate surface area is 135 Å². The van der Waals surface area contributed by atoms with Gasteiger partial charge < -0.3 is 14.4 Å². The Hall–Kier alpha value is -2.40. The minimum atomic E-state index is -0.0929. The van der Waals surface area contributed by atoms with Crippen LogP contribution in [-0.2, 0) is 11.3 Å². The number of fused-ring (bicyclic) bond motifs is 1. The number of rotatable bonds is 3. The number of carbonyl (C=O) groups excluding carboxylic acids is 1. The monoisotopic (exact) mass is 312 g/mol. The minimum absolute atomic E-state index is 0.0365. The van der Waals surface area contributed by atoms with Gasteiger partial charge in [-0.1, -0.05) is 18.2 Å². The average Bonchev–Trinajstić information content (AvgIpc) is 2.76. The molecule has 0 atom stereocenters. The van der Waals surface area contributed by atoms with Crippen LogP contribution in [0, 0.1) is 0 Å². The second-order valence-corrected chi connectivity index (χ2v) is 5.71. The van der Waals surface area contributed by atoms with Crippen LogP contribution in [0.1, 0.15) is 29.8 Å². The predicted octanol–water partition coefficient (Wildman–Crippen LogP) is 3.05. The van der Waals surface area contributed by atoms with E-state index >= 15 is 0 Å². The minimum Gasteiger partial charge on any atom is -0.489 e. The molecule has 2 aromatic rings. The van der Waals surface area contributed by atoms with Gasteiger partial charge in [0.05, 0.1) is 31.1 Å². The number of carbonyl (C=O) groups is 1. The van der Waals surface area contributed by atoms with E-state index in [4.69, 9.17) is 9.47 Å². The number of para-hydroxylation sites is 1. The van der Waals surface area contributed by atoms with Crippen LogP contribution in [0.25, 0.3) is 0 Å². The third-order valence-electron chi connectivity index (χ3n) is 3.58. The van der Waals surface area contributed by atoms with Crippen LogP contribution in [-0.4, -0.2) is 30.1 Å². The standard InChI is InChI=1S/C18H20N2O3/c1-13(2)23-16-9-15(10-19-11-16)18(21)20-7-8-22-12-14-5-3-4-6-17(14)20/h3-6,9-11,13H,7-8,12H2,1-2H3. The van der Waals surface area contributed by atoms with Gasteiger partial charge in [0.25, 0.3) is 5.91 Å². The van der Waals surface area contributed by atoms with E-state index in [2.05, 4.69) is 4.98 Å². The summed E-state index contributed by atoms with van der Waals surface area (Å²) in [6.45, 7) is 5.43. The molecule has 0 bridgehead atoms. The van der Waals surface area contributed by atoms with E-state index in [-0.39, 0.29) is 12.0 Å². The Kier molecular flexibility index (Phi) is 4.57. The van der Waals surface area contributed by atoms with Crippen LogP contribution in [0.2, 0.25) is 0 Å². The molecular formula is C18H20N2O3. The highest BCUT2D eigenvalue weighted by atomic mass is 16.5. The fourth-order valence-corrected chi connectivity index (χ4v) is 2.59. The molecule has 0 aliphatic carbocycles. The van der Waals surface area contributed by atoms with E-state index in [1.165, 1.54) is 0 Å². The number of benzene rings is 1. The van der Waals surface area contributed by atoms with Gasteiger partial charge in [-0.05, 0) is 26.0 Å². The average molecular weight is 312 g/mol. The fourth-order valence-electron chi connectivity index (χ4n) is 2.59. The van der Waals surface area contributed by atoms with Gasteiger partial charge in [0.1, 0.15) is 5.75 Å². The molecule has 1 aromatic heterocycles. The van der Waals surface area contributed by atoms with E-state index in [0.29, 0.717) is 31.1 Å². The number of amides is 1. The van der Waals surface area contributed by atoms with Gasteiger partial charge in [-0.25, -0.2) is 0 Å². The third kappa shape index (κ3) is 3.51. The lowest BCUT2D eigenvalue weighted by Gasteiger charge is -2.22. The van der Waals surface area contributed by atoms with Gasteiger partial charge in [0, 0.05) is 24.0 Å². The Morgan fingerprint density at radius 3 is 2.96 bits per heavy atom. The summed E-state index contributed by atoms with van der Waals surface area (Å²) >= 11 is 0. The van der Waals surface area contributed by atoms with E-state index in [1.807, 2.05) is 38.1 Å². The van der Waals surface area contributed by atoms with Crippen molar-refractivity contribution in [1.82, 2.24) is 4.98 Å². The second-order valence-electron chi connectivity index (χ2n) is 5.71. The first-order chi connectivity index (χ1) is 11.1. The van der Waals surface area contributed by atoms with Crippen LogP contribution in [0.15, 0.2) is 42.7 Å². The lowest BCUT2D eigenvalue weighted by molar-refractivity contribution is 0.0965. The fraction of sp³-hybridized carbons (Fsp3) is 0.333. The smallest absolute Gasteiger partial charge is 0.260 e. The van der Waals surface area contributed by atoms with Crippen molar-refractivity contribution < 1.29 is 14.3 Å². The molecule has 0 spiro atoms. The molecule has 1 aromatic carbocycles. The van der Waals surface area contributed by atoms with E-state index in [1.54, 1.807) is 23.4 Å². The molecule has 5 heteroatoms. The molecule has 5 nitrogen and oxygen atoms in total. The Bertz CT molecular complexity index is 700. The van der Waals surface area contributed by atoms with Gasteiger partial charge in [0.15, 0.2) is 0 Å². The van der Waals surface area contributed by atoms with Crippen LogP contribution >= 0.6 is 0 Å². The summed E-state index contributed by atoms with van der Waals surface area (Å²) in [4.78, 5) is 18.8. The van der Waals surface area contributed by atoms with Crippen molar-refractivity contribution in [2.45, 2.75) is 26.6 Å². The summed E-state index contributed by atoms with van der Waals surface area (Å²) in [5, 5.41) is 0. The number of pyridine rings is 1. The molecular weight excluding hydrogens is 292 g/mol. The van der Waals surface area contributed by atoms with Crippen LogP contribution < -0.4 is 9.64 Å². The Morgan fingerprint density at radius 1 is 1.30 bits per heavy atom. The zero-order valence-electron chi connectivity index (χ0n) is 13.4. The summed E-state index contributed by atoms with van der Waals surface area (Å²) in [6, 6.07) is 9.56. The van der Waals surface area contributed by atoms with E-state index in [9.17, 15) is 4.79 Å². The van der Waals surface area contributed by atoms with Crippen molar-refractivity contribution >= 4 is 11.6 Å². The number of hydrogen-bond acceptors (Lipinski definition) is 4. The highest BCUT2D eigenvalue weighted by molar-refractivity contribution is 6.06. The first-order valence-corrected chi connectivity index (χ1v) is 7.74. The molecule has 0 unspecified atom stereocenters. The van der Waals surface area contributed by atoms with Crippen molar-refractivity contribution in [3.63, 3.8) is 0 Å². The summed E-state index contributed by atoms with van der Waals surface area (Å²) in [5.74, 6) is 0.509. The maximum Gasteiger partial charge on any atom is 0.260 e. The first-order valence-electron chi connectivity index (χ1n) is 7.74. The first kappa shape index (κ1) is 15.5. The molecule has 0 fully saturated rings. The van der Waals surface area contributed by atoms with E-state index < -0.39 is 0 Å². The molecule has 0 N–H and O–H groups in total. The number of hydrogen-bond donors (Lipinski definition) is 0. The molecule has 120 valence electrons. The lowest BCUT2D eigenvalue weighted by atomic mass is 10.1. The van der Waals surface area contributed by atoms with E-state index in [0.717, 1.165) is 11.3 Å². The number of anilines is 1. The normalized spacial score (nSPS) is 14.3. The SMILES string of the molecule is CC(C)Oc1cncc(C(=O)N2CCOCc3ccccc32)c1. The summed E-state index contributed by atoms with van der Waals surface area (Å²) in [7, 11) is 0. The van der Waals surface area contributed by atoms with Gasteiger partial charge in [-0.2, -0.15) is 0 Å². The number of ether oxygens (including phenoxy) is 2. The van der Waals surface area contributed by atoms with Gasteiger partial charge in [-0.3, -0.25) is 9.78 Å². The van der Waals surface area contributed by atoms with Crippen LogP contribution in [0.3, 0.4) is 0 Å². The van der Waals surface area contributed by atoms with Crippen molar-refractivity contribution in [2.75, 3.05) is 18.1 Å². The maximum absolute atomic E-state index is 12.9. The highest BCUT2D eigenvalue weighted by Crippen LogP contribution is 2.26. The lowest BCUT2D eigenvalue weighted by Crippen LogP contribution is -2.33. The molecule has 23 heavy (non-hydrogen) atoms. The van der Waals surface area contributed by atoms with Gasteiger partial charge in [-0.15, -0.1) is 0 Å². The largest absolute Gasteiger partial charge is 0.489 e. The topological polar surface area (TPSA) is 51.7 Å². The summed E-state index contributed by atoms with van der Waals surface area (Å²) in [6.07, 6.45) is 3.23.